The minimum atomic E-state index is 0.988. The summed E-state index contributed by atoms with van der Waals surface area (Å²) in [7, 11) is 2.08. The predicted octanol–water partition coefficient (Wildman–Crippen LogP) is 5.58. The first-order chi connectivity index (χ1) is 12.8. The first kappa shape index (κ1) is 16.0. The molecule has 2 heterocycles. The summed E-state index contributed by atoms with van der Waals surface area (Å²) in [4.78, 5) is 10.8. The maximum absolute atomic E-state index is 4.40. The minimum Gasteiger partial charge on any atom is -0.345 e. The van der Waals surface area contributed by atoms with Gasteiger partial charge < -0.3 is 4.90 Å². The fourth-order valence-electron chi connectivity index (χ4n) is 2.95. The second-order valence-corrected chi connectivity index (χ2v) is 6.11. The summed E-state index contributed by atoms with van der Waals surface area (Å²) in [5.74, 6) is 0. The highest BCUT2D eigenvalue weighted by molar-refractivity contribution is 5.70. The number of hydrogen-bond donors (Lipinski definition) is 0. The monoisotopic (exact) mass is 337 g/mol. The average molecular weight is 337 g/mol. The van der Waals surface area contributed by atoms with Gasteiger partial charge in [0.15, 0.2) is 0 Å². The maximum Gasteiger partial charge on any atom is 0.0701 e. The molecule has 2 aromatic carbocycles. The number of nitrogens with zero attached hydrogens (tertiary/aromatic N) is 3. The summed E-state index contributed by atoms with van der Waals surface area (Å²) >= 11 is 0. The zero-order valence-electron chi connectivity index (χ0n) is 14.6. The lowest BCUT2D eigenvalue weighted by Gasteiger charge is -2.20. The van der Waals surface area contributed by atoms with Gasteiger partial charge in [0.25, 0.3) is 0 Å². The molecule has 4 aromatic rings. The molecule has 0 aliphatic heterocycles. The van der Waals surface area contributed by atoms with Crippen molar-refractivity contribution in [2.45, 2.75) is 0 Å². The first-order valence-electron chi connectivity index (χ1n) is 8.57. The molecule has 0 N–H and O–H groups in total. The SMILES string of the molecule is CN(c1ccc(-c2cccnc2)cc1)c1ccc(-c2ccccn2)cc1. The van der Waals surface area contributed by atoms with Crippen LogP contribution in [0.2, 0.25) is 0 Å². The molecular formula is C23H19N3. The quantitative estimate of drug-likeness (QED) is 0.487. The van der Waals surface area contributed by atoms with Gasteiger partial charge in [0.2, 0.25) is 0 Å². The summed E-state index contributed by atoms with van der Waals surface area (Å²) in [6.07, 6.45) is 5.49. The second kappa shape index (κ2) is 7.19. The Hall–Kier alpha value is -3.46. The molecule has 126 valence electrons. The second-order valence-electron chi connectivity index (χ2n) is 6.11. The molecule has 0 spiro atoms. The van der Waals surface area contributed by atoms with Gasteiger partial charge in [0, 0.05) is 42.6 Å². The Balaban J connectivity index is 1.55. The largest absolute Gasteiger partial charge is 0.345 e. The van der Waals surface area contributed by atoms with Crippen molar-refractivity contribution in [2.75, 3.05) is 11.9 Å². The molecule has 0 aliphatic rings. The van der Waals surface area contributed by atoms with Gasteiger partial charge in [-0.15, -0.1) is 0 Å². The van der Waals surface area contributed by atoms with Crippen LogP contribution in [0.5, 0.6) is 0 Å². The van der Waals surface area contributed by atoms with Crippen molar-refractivity contribution in [1.29, 1.82) is 0 Å². The molecule has 0 unspecified atom stereocenters. The number of benzene rings is 2. The van der Waals surface area contributed by atoms with Crippen LogP contribution in [0.15, 0.2) is 97.5 Å². The topological polar surface area (TPSA) is 29.0 Å². The van der Waals surface area contributed by atoms with E-state index < -0.39 is 0 Å². The molecule has 0 atom stereocenters. The van der Waals surface area contributed by atoms with Crippen LogP contribution in [-0.2, 0) is 0 Å². The molecule has 4 rings (SSSR count). The molecule has 0 bridgehead atoms. The van der Waals surface area contributed by atoms with E-state index in [-0.39, 0.29) is 0 Å². The van der Waals surface area contributed by atoms with Crippen LogP contribution < -0.4 is 4.90 Å². The summed E-state index contributed by atoms with van der Waals surface area (Å²) in [6, 6.07) is 27.0. The van der Waals surface area contributed by atoms with Crippen molar-refractivity contribution in [3.05, 3.63) is 97.5 Å². The standard InChI is InChI=1S/C23H19N3/c1-26(21-11-7-18(8-12-21)20-5-4-15-24-17-20)22-13-9-19(10-14-22)23-6-2-3-16-25-23/h2-17H,1H3. The highest BCUT2D eigenvalue weighted by Crippen LogP contribution is 2.28. The fourth-order valence-corrected chi connectivity index (χ4v) is 2.95. The number of rotatable bonds is 4. The highest BCUT2D eigenvalue weighted by atomic mass is 15.1. The fraction of sp³-hybridized carbons (Fsp3) is 0.0435. The number of anilines is 2. The van der Waals surface area contributed by atoms with E-state index in [1.165, 1.54) is 5.56 Å². The third-order valence-corrected chi connectivity index (χ3v) is 4.46. The average Bonchev–Trinajstić information content (AvgIpc) is 2.75. The molecule has 2 aromatic heterocycles. The lowest BCUT2D eigenvalue weighted by molar-refractivity contribution is 1.21. The van der Waals surface area contributed by atoms with Crippen molar-refractivity contribution in [2.24, 2.45) is 0 Å². The van der Waals surface area contributed by atoms with E-state index in [2.05, 4.69) is 76.5 Å². The van der Waals surface area contributed by atoms with Gasteiger partial charge in [-0.1, -0.05) is 36.4 Å². The van der Waals surface area contributed by atoms with Gasteiger partial charge in [-0.25, -0.2) is 0 Å². The molecule has 3 heteroatoms. The Labute approximate surface area is 153 Å². The van der Waals surface area contributed by atoms with Crippen LogP contribution in [0, 0.1) is 0 Å². The van der Waals surface area contributed by atoms with Gasteiger partial charge in [-0.05, 0) is 53.6 Å². The van der Waals surface area contributed by atoms with Gasteiger partial charge in [-0.2, -0.15) is 0 Å². The molecular weight excluding hydrogens is 318 g/mol. The lowest BCUT2D eigenvalue weighted by Crippen LogP contribution is -2.09. The van der Waals surface area contributed by atoms with Crippen LogP contribution in [0.1, 0.15) is 0 Å². The van der Waals surface area contributed by atoms with E-state index in [4.69, 9.17) is 0 Å². The van der Waals surface area contributed by atoms with Gasteiger partial charge in [0.05, 0.1) is 5.69 Å². The van der Waals surface area contributed by atoms with Crippen molar-refractivity contribution < 1.29 is 0 Å². The molecule has 26 heavy (non-hydrogen) atoms. The van der Waals surface area contributed by atoms with Gasteiger partial charge in [-0.3, -0.25) is 9.97 Å². The van der Waals surface area contributed by atoms with Crippen LogP contribution in [0.3, 0.4) is 0 Å². The molecule has 0 saturated carbocycles. The van der Waals surface area contributed by atoms with E-state index in [0.717, 1.165) is 28.2 Å². The predicted molar refractivity (Wildman–Crippen MR) is 107 cm³/mol. The highest BCUT2D eigenvalue weighted by Gasteiger charge is 2.06. The lowest BCUT2D eigenvalue weighted by atomic mass is 10.1. The Bertz CT molecular complexity index is 880. The summed E-state index contributed by atoms with van der Waals surface area (Å²) in [6.45, 7) is 0. The van der Waals surface area contributed by atoms with Crippen molar-refractivity contribution >= 4 is 11.4 Å². The Morgan fingerprint density at radius 3 is 1.88 bits per heavy atom. The third kappa shape index (κ3) is 3.33. The van der Waals surface area contributed by atoms with E-state index in [1.807, 2.05) is 36.7 Å². The molecule has 0 aliphatic carbocycles. The third-order valence-electron chi connectivity index (χ3n) is 4.46. The van der Waals surface area contributed by atoms with E-state index in [0.29, 0.717) is 0 Å². The smallest absolute Gasteiger partial charge is 0.0701 e. The van der Waals surface area contributed by atoms with Crippen molar-refractivity contribution in [1.82, 2.24) is 9.97 Å². The van der Waals surface area contributed by atoms with E-state index in [9.17, 15) is 0 Å². The van der Waals surface area contributed by atoms with Crippen molar-refractivity contribution in [3.63, 3.8) is 0 Å². The maximum atomic E-state index is 4.40. The molecule has 0 amide bonds. The normalized spacial score (nSPS) is 10.5. The Kier molecular flexibility index (Phi) is 4.44. The van der Waals surface area contributed by atoms with Gasteiger partial charge >= 0.3 is 0 Å². The summed E-state index contributed by atoms with van der Waals surface area (Å²) in [5.41, 5.74) is 6.68. The Morgan fingerprint density at radius 1 is 0.615 bits per heavy atom. The van der Waals surface area contributed by atoms with Crippen LogP contribution >= 0.6 is 0 Å². The van der Waals surface area contributed by atoms with Gasteiger partial charge in [0.1, 0.15) is 0 Å². The summed E-state index contributed by atoms with van der Waals surface area (Å²) < 4.78 is 0. The molecule has 0 radical (unpaired) electrons. The van der Waals surface area contributed by atoms with Crippen LogP contribution in [-0.4, -0.2) is 17.0 Å². The zero-order chi connectivity index (χ0) is 17.8. The Morgan fingerprint density at radius 2 is 1.31 bits per heavy atom. The zero-order valence-corrected chi connectivity index (χ0v) is 14.6. The van der Waals surface area contributed by atoms with Crippen LogP contribution in [0.25, 0.3) is 22.4 Å². The first-order valence-corrected chi connectivity index (χ1v) is 8.57. The van der Waals surface area contributed by atoms with Crippen molar-refractivity contribution in [3.8, 4) is 22.4 Å². The number of hydrogen-bond acceptors (Lipinski definition) is 3. The van der Waals surface area contributed by atoms with Crippen LogP contribution in [0.4, 0.5) is 11.4 Å². The summed E-state index contributed by atoms with van der Waals surface area (Å²) in [5, 5.41) is 0. The molecule has 0 saturated heterocycles. The number of aromatic nitrogens is 2. The molecule has 0 fully saturated rings. The number of pyridine rings is 2. The molecule has 3 nitrogen and oxygen atoms in total. The van der Waals surface area contributed by atoms with E-state index >= 15 is 0 Å². The minimum absolute atomic E-state index is 0.988. The van der Waals surface area contributed by atoms with E-state index in [1.54, 1.807) is 6.20 Å².